The van der Waals surface area contributed by atoms with Crippen LogP contribution in [0, 0.1) is 6.92 Å². The molecule has 152 valence electrons. The molecule has 1 aliphatic rings. The van der Waals surface area contributed by atoms with E-state index in [0.717, 1.165) is 41.2 Å². The van der Waals surface area contributed by atoms with E-state index >= 15 is 0 Å². The van der Waals surface area contributed by atoms with Gasteiger partial charge >= 0.3 is 0 Å². The van der Waals surface area contributed by atoms with E-state index in [-0.39, 0.29) is 12.7 Å². The Labute approximate surface area is 174 Å². The van der Waals surface area contributed by atoms with Gasteiger partial charge in [0.1, 0.15) is 0 Å². The summed E-state index contributed by atoms with van der Waals surface area (Å²) in [5.74, 6) is 1.41. The molecule has 0 atom stereocenters. The van der Waals surface area contributed by atoms with Crippen molar-refractivity contribution >= 4 is 32.6 Å². The van der Waals surface area contributed by atoms with Gasteiger partial charge in [0.05, 0.1) is 10.2 Å². The van der Waals surface area contributed by atoms with Crippen molar-refractivity contribution in [2.24, 2.45) is 0 Å². The van der Waals surface area contributed by atoms with Crippen molar-refractivity contribution in [3.63, 3.8) is 0 Å². The van der Waals surface area contributed by atoms with Gasteiger partial charge in [0.2, 0.25) is 6.79 Å². The zero-order valence-electron chi connectivity index (χ0n) is 17.0. The minimum absolute atomic E-state index is 0.0191. The number of likely N-dealkylation sites (N-methyl/N-ethyl adjacent to an activating group) is 1. The number of carbonyl (C=O) groups excluding carboxylic acids is 1. The van der Waals surface area contributed by atoms with Crippen molar-refractivity contribution in [2.75, 3.05) is 37.9 Å². The molecule has 2 aromatic carbocycles. The lowest BCUT2D eigenvalue weighted by Crippen LogP contribution is -2.39. The number of fused-ring (bicyclic) bond motifs is 2. The number of thiazole rings is 1. The Morgan fingerprint density at radius 3 is 2.55 bits per heavy atom. The first kappa shape index (κ1) is 19.7. The van der Waals surface area contributed by atoms with Crippen LogP contribution in [-0.2, 0) is 0 Å². The quantitative estimate of drug-likeness (QED) is 0.579. The minimum atomic E-state index is -0.0191. The number of benzene rings is 2. The zero-order chi connectivity index (χ0) is 20.4. The number of hydrogen-bond acceptors (Lipinski definition) is 6. The van der Waals surface area contributed by atoms with Crippen molar-refractivity contribution in [2.45, 2.75) is 20.8 Å². The van der Waals surface area contributed by atoms with Crippen molar-refractivity contribution in [1.29, 1.82) is 0 Å². The fourth-order valence-electron chi connectivity index (χ4n) is 3.44. The normalized spacial score (nSPS) is 12.7. The summed E-state index contributed by atoms with van der Waals surface area (Å²) in [6.45, 7) is 9.75. The molecule has 0 spiro atoms. The average Bonchev–Trinajstić information content (AvgIpc) is 3.35. The summed E-state index contributed by atoms with van der Waals surface area (Å²) in [6.07, 6.45) is 0. The summed E-state index contributed by atoms with van der Waals surface area (Å²) in [4.78, 5) is 22.3. The Kier molecular flexibility index (Phi) is 5.69. The van der Waals surface area contributed by atoms with Gasteiger partial charge < -0.3 is 14.4 Å². The summed E-state index contributed by atoms with van der Waals surface area (Å²) in [6, 6.07) is 11.5. The fraction of sp³-hybridized carbons (Fsp3) is 0.364. The summed E-state index contributed by atoms with van der Waals surface area (Å²) < 4.78 is 11.9. The Balaban J connectivity index is 1.70. The van der Waals surface area contributed by atoms with Crippen LogP contribution in [-0.4, -0.2) is 48.8 Å². The Bertz CT molecular complexity index is 988. The minimum Gasteiger partial charge on any atom is -0.454 e. The fourth-order valence-corrected chi connectivity index (χ4v) is 4.45. The molecule has 29 heavy (non-hydrogen) atoms. The van der Waals surface area contributed by atoms with E-state index in [1.807, 2.05) is 43.3 Å². The van der Waals surface area contributed by atoms with E-state index in [1.54, 1.807) is 4.90 Å². The highest BCUT2D eigenvalue weighted by Crippen LogP contribution is 2.40. The van der Waals surface area contributed by atoms with Crippen molar-refractivity contribution in [3.05, 3.63) is 47.5 Å². The monoisotopic (exact) mass is 411 g/mol. The highest BCUT2D eigenvalue weighted by Gasteiger charge is 2.24. The number of anilines is 1. The van der Waals surface area contributed by atoms with Crippen molar-refractivity contribution < 1.29 is 14.3 Å². The lowest BCUT2D eigenvalue weighted by atomic mass is 10.1. The predicted molar refractivity (Wildman–Crippen MR) is 116 cm³/mol. The first-order chi connectivity index (χ1) is 14.1. The molecule has 0 saturated carbocycles. The summed E-state index contributed by atoms with van der Waals surface area (Å²) in [5.41, 5.74) is 2.49. The Hall–Kier alpha value is -2.64. The summed E-state index contributed by atoms with van der Waals surface area (Å²) in [5, 5.41) is 0.698. The molecule has 2 heterocycles. The van der Waals surface area contributed by atoms with Crippen LogP contribution in [0.3, 0.4) is 0 Å². The number of ether oxygens (including phenoxy) is 2. The van der Waals surface area contributed by atoms with Gasteiger partial charge in [-0.15, -0.1) is 0 Å². The maximum absolute atomic E-state index is 13.5. The van der Waals surface area contributed by atoms with E-state index in [0.29, 0.717) is 23.0 Å². The molecule has 0 unspecified atom stereocenters. The molecule has 0 saturated heterocycles. The van der Waals surface area contributed by atoms with Crippen LogP contribution in [0.4, 0.5) is 5.13 Å². The first-order valence-corrected chi connectivity index (χ1v) is 10.7. The van der Waals surface area contributed by atoms with Gasteiger partial charge in [0.25, 0.3) is 5.91 Å². The molecule has 0 fully saturated rings. The van der Waals surface area contributed by atoms with Crippen molar-refractivity contribution in [3.8, 4) is 11.5 Å². The second kappa shape index (κ2) is 8.39. The molecular formula is C22H25N3O3S. The number of amides is 1. The van der Waals surface area contributed by atoms with Gasteiger partial charge in [-0.05, 0) is 31.6 Å². The summed E-state index contributed by atoms with van der Waals surface area (Å²) in [7, 11) is 0. The third kappa shape index (κ3) is 3.93. The number of aromatic nitrogens is 1. The van der Waals surface area contributed by atoms with Crippen LogP contribution >= 0.6 is 11.3 Å². The number of hydrogen-bond donors (Lipinski definition) is 0. The van der Waals surface area contributed by atoms with Gasteiger partial charge in [-0.3, -0.25) is 9.69 Å². The van der Waals surface area contributed by atoms with Gasteiger partial charge in [-0.25, -0.2) is 4.98 Å². The van der Waals surface area contributed by atoms with Crippen LogP contribution in [0.5, 0.6) is 11.5 Å². The third-order valence-electron chi connectivity index (χ3n) is 5.26. The molecule has 1 amide bonds. The molecule has 7 heteroatoms. The van der Waals surface area contributed by atoms with E-state index in [2.05, 4.69) is 18.7 Å². The third-order valence-corrected chi connectivity index (χ3v) is 6.30. The number of nitrogens with zero attached hydrogens (tertiary/aromatic N) is 3. The number of rotatable bonds is 7. The van der Waals surface area contributed by atoms with E-state index < -0.39 is 0 Å². The maximum Gasteiger partial charge on any atom is 0.260 e. The first-order valence-electron chi connectivity index (χ1n) is 9.90. The SMILES string of the molecule is CCN(CC)CCN(C(=O)c1ccccc1C)c1nc2cc3c(cc2s1)OCO3. The smallest absolute Gasteiger partial charge is 0.260 e. The molecule has 0 N–H and O–H groups in total. The number of carbonyl (C=O) groups is 1. The number of aryl methyl sites for hydroxylation is 1. The lowest BCUT2D eigenvalue weighted by molar-refractivity contribution is 0.0983. The average molecular weight is 412 g/mol. The standard InChI is InChI=1S/C22H25N3O3S/c1-4-24(5-2)10-11-25(21(26)16-9-7-6-8-15(16)3)22-23-17-12-18-19(28-14-27-18)13-20(17)29-22/h6-9,12-13H,4-5,10-11,14H2,1-3H3. The van der Waals surface area contributed by atoms with E-state index in [9.17, 15) is 4.79 Å². The molecule has 0 bridgehead atoms. The maximum atomic E-state index is 13.5. The van der Waals surface area contributed by atoms with Gasteiger partial charge in [-0.1, -0.05) is 43.4 Å². The summed E-state index contributed by atoms with van der Waals surface area (Å²) >= 11 is 1.51. The zero-order valence-corrected chi connectivity index (χ0v) is 17.8. The largest absolute Gasteiger partial charge is 0.454 e. The van der Waals surface area contributed by atoms with Crippen LogP contribution in [0.15, 0.2) is 36.4 Å². The Morgan fingerprint density at radius 1 is 1.10 bits per heavy atom. The van der Waals surface area contributed by atoms with Crippen LogP contribution in [0.1, 0.15) is 29.8 Å². The molecule has 1 aliphatic heterocycles. The molecule has 0 radical (unpaired) electrons. The van der Waals surface area contributed by atoms with Crippen LogP contribution in [0.2, 0.25) is 0 Å². The second-order valence-corrected chi connectivity index (χ2v) is 7.98. The highest BCUT2D eigenvalue weighted by molar-refractivity contribution is 7.22. The Morgan fingerprint density at radius 2 is 1.83 bits per heavy atom. The lowest BCUT2D eigenvalue weighted by Gasteiger charge is -2.25. The highest BCUT2D eigenvalue weighted by atomic mass is 32.1. The second-order valence-electron chi connectivity index (χ2n) is 6.97. The van der Waals surface area contributed by atoms with Gasteiger partial charge in [0.15, 0.2) is 16.6 Å². The molecular weight excluding hydrogens is 386 g/mol. The van der Waals surface area contributed by atoms with E-state index in [4.69, 9.17) is 14.5 Å². The van der Waals surface area contributed by atoms with E-state index in [1.165, 1.54) is 11.3 Å². The molecule has 6 nitrogen and oxygen atoms in total. The molecule has 4 rings (SSSR count). The van der Waals surface area contributed by atoms with Crippen LogP contribution in [0.25, 0.3) is 10.2 Å². The molecule has 0 aliphatic carbocycles. The van der Waals surface area contributed by atoms with Crippen LogP contribution < -0.4 is 14.4 Å². The van der Waals surface area contributed by atoms with Gasteiger partial charge in [-0.2, -0.15) is 0 Å². The predicted octanol–water partition coefficient (Wildman–Crippen LogP) is 4.32. The topological polar surface area (TPSA) is 54.9 Å². The molecule has 3 aromatic rings. The molecule has 1 aromatic heterocycles. The van der Waals surface area contributed by atoms with Crippen molar-refractivity contribution in [1.82, 2.24) is 9.88 Å². The van der Waals surface area contributed by atoms with Gasteiger partial charge in [0, 0.05) is 30.8 Å².